The fraction of sp³-hybridized carbons (Fsp3) is 0.520. The van der Waals surface area contributed by atoms with Crippen molar-refractivity contribution in [3.63, 3.8) is 0 Å². The number of pyridine rings is 2. The predicted molar refractivity (Wildman–Crippen MR) is 127 cm³/mol. The molecule has 0 bridgehead atoms. The zero-order chi connectivity index (χ0) is 21.9. The molecule has 0 unspecified atom stereocenters. The molecule has 7 nitrogen and oxygen atoms in total. The zero-order valence-corrected chi connectivity index (χ0v) is 19.0. The quantitative estimate of drug-likeness (QED) is 0.617. The summed E-state index contributed by atoms with van der Waals surface area (Å²) in [6.45, 7) is 6.06. The third-order valence-corrected chi connectivity index (χ3v) is 6.92. The number of nitrogens with zero attached hydrogens (tertiary/aromatic N) is 6. The van der Waals surface area contributed by atoms with Crippen LogP contribution in [-0.2, 0) is 13.0 Å². The number of fused-ring (bicyclic) bond motifs is 2. The van der Waals surface area contributed by atoms with E-state index in [1.807, 2.05) is 12.3 Å². The van der Waals surface area contributed by atoms with E-state index in [0.29, 0.717) is 0 Å². The molecule has 0 amide bonds. The molecule has 0 aromatic carbocycles. The number of aromatic nitrogens is 3. The Kier molecular flexibility index (Phi) is 6.39. The average molecular weight is 435 g/mol. The first-order valence-electron chi connectivity index (χ1n) is 11.9. The summed E-state index contributed by atoms with van der Waals surface area (Å²) in [6.07, 6.45) is 8.27. The number of hydrogen-bond acceptors (Lipinski definition) is 6. The molecule has 0 saturated carbocycles. The van der Waals surface area contributed by atoms with Crippen LogP contribution in [0.15, 0.2) is 42.7 Å². The van der Waals surface area contributed by atoms with Crippen molar-refractivity contribution in [2.24, 2.45) is 0 Å². The van der Waals surface area contributed by atoms with Crippen LogP contribution < -0.4 is 4.90 Å². The standard InChI is InChI=1S/C25H34N6O/c1-28-13-15-29(16-14-28)24-10-3-9-23-27-21(19-31(23)24)18-30(12-5-17-32)22-8-2-6-20-7-4-11-26-25(20)22/h3-4,7,9-11,19,22,32H,2,5-6,8,12-18H2,1H3/t22-/m0/s1. The molecule has 5 rings (SSSR count). The molecule has 2 aliphatic rings. The van der Waals surface area contributed by atoms with Crippen molar-refractivity contribution in [3.8, 4) is 0 Å². The van der Waals surface area contributed by atoms with Gasteiger partial charge in [-0.25, -0.2) is 4.98 Å². The summed E-state index contributed by atoms with van der Waals surface area (Å²) < 4.78 is 2.25. The van der Waals surface area contributed by atoms with Gasteiger partial charge in [-0.15, -0.1) is 0 Å². The van der Waals surface area contributed by atoms with Gasteiger partial charge in [0.15, 0.2) is 0 Å². The number of aliphatic hydroxyl groups is 1. The lowest BCUT2D eigenvalue weighted by molar-refractivity contribution is 0.147. The summed E-state index contributed by atoms with van der Waals surface area (Å²) in [5.41, 5.74) is 4.65. The molecule has 7 heteroatoms. The average Bonchev–Trinajstić information content (AvgIpc) is 3.25. The summed E-state index contributed by atoms with van der Waals surface area (Å²) >= 11 is 0. The Hall–Kier alpha value is -2.48. The van der Waals surface area contributed by atoms with Crippen LogP contribution in [0.25, 0.3) is 5.65 Å². The van der Waals surface area contributed by atoms with Crippen LogP contribution >= 0.6 is 0 Å². The van der Waals surface area contributed by atoms with E-state index in [-0.39, 0.29) is 12.6 Å². The third-order valence-electron chi connectivity index (χ3n) is 6.92. The summed E-state index contributed by atoms with van der Waals surface area (Å²) in [5, 5.41) is 9.52. The zero-order valence-electron chi connectivity index (χ0n) is 19.0. The number of anilines is 1. The predicted octanol–water partition coefficient (Wildman–Crippen LogP) is 2.74. The lowest BCUT2D eigenvalue weighted by Crippen LogP contribution is -2.45. The molecule has 3 aromatic rings. The van der Waals surface area contributed by atoms with Gasteiger partial charge in [-0.3, -0.25) is 14.3 Å². The minimum absolute atomic E-state index is 0.205. The molecule has 0 radical (unpaired) electrons. The van der Waals surface area contributed by atoms with Crippen molar-refractivity contribution in [1.29, 1.82) is 0 Å². The molecule has 170 valence electrons. The molecular weight excluding hydrogens is 400 g/mol. The van der Waals surface area contributed by atoms with Gasteiger partial charge in [-0.2, -0.15) is 0 Å². The van der Waals surface area contributed by atoms with Gasteiger partial charge in [0.2, 0.25) is 0 Å². The van der Waals surface area contributed by atoms with Crippen molar-refractivity contribution in [1.82, 2.24) is 24.2 Å². The highest BCUT2D eigenvalue weighted by Gasteiger charge is 2.27. The number of likely N-dealkylation sites (N-methyl/N-ethyl adjacent to an activating group) is 1. The molecule has 1 atom stereocenters. The molecular formula is C25H34N6O. The molecule has 4 heterocycles. The van der Waals surface area contributed by atoms with Gasteiger partial charge in [0, 0.05) is 58.3 Å². The first-order chi connectivity index (χ1) is 15.7. The van der Waals surface area contributed by atoms with Crippen LogP contribution in [0.3, 0.4) is 0 Å². The third kappa shape index (κ3) is 4.37. The highest BCUT2D eigenvalue weighted by atomic mass is 16.3. The Labute approximate surface area is 190 Å². The molecule has 3 aromatic heterocycles. The molecule has 1 aliphatic carbocycles. The summed E-state index contributed by atoms with van der Waals surface area (Å²) in [7, 11) is 2.19. The van der Waals surface area contributed by atoms with Crippen LogP contribution in [0.4, 0.5) is 5.82 Å². The van der Waals surface area contributed by atoms with Gasteiger partial charge in [0.05, 0.1) is 17.4 Å². The van der Waals surface area contributed by atoms with E-state index < -0.39 is 0 Å². The number of aryl methyl sites for hydroxylation is 1. The van der Waals surface area contributed by atoms with Crippen LogP contribution in [0.5, 0.6) is 0 Å². The number of hydrogen-bond donors (Lipinski definition) is 1. The maximum atomic E-state index is 9.52. The Morgan fingerprint density at radius 2 is 2.00 bits per heavy atom. The maximum Gasteiger partial charge on any atom is 0.138 e. The fourth-order valence-electron chi connectivity index (χ4n) is 5.18. The first kappa shape index (κ1) is 21.4. The largest absolute Gasteiger partial charge is 0.396 e. The minimum Gasteiger partial charge on any atom is -0.396 e. The van der Waals surface area contributed by atoms with Gasteiger partial charge in [-0.1, -0.05) is 12.1 Å². The van der Waals surface area contributed by atoms with Crippen molar-refractivity contribution >= 4 is 11.5 Å². The first-order valence-corrected chi connectivity index (χ1v) is 11.9. The smallest absolute Gasteiger partial charge is 0.138 e. The van der Waals surface area contributed by atoms with Gasteiger partial charge in [0.1, 0.15) is 11.5 Å². The Morgan fingerprint density at radius 1 is 1.12 bits per heavy atom. The van der Waals surface area contributed by atoms with Crippen molar-refractivity contribution < 1.29 is 5.11 Å². The van der Waals surface area contributed by atoms with E-state index in [4.69, 9.17) is 9.97 Å². The van der Waals surface area contributed by atoms with Gasteiger partial charge < -0.3 is 14.9 Å². The molecule has 32 heavy (non-hydrogen) atoms. The van der Waals surface area contributed by atoms with Gasteiger partial charge in [-0.05, 0) is 56.5 Å². The van der Waals surface area contributed by atoms with Crippen LogP contribution in [0, 0.1) is 0 Å². The summed E-state index contributed by atoms with van der Waals surface area (Å²) in [6, 6.07) is 11.0. The second-order valence-electron chi connectivity index (χ2n) is 9.14. The van der Waals surface area contributed by atoms with Gasteiger partial charge in [0.25, 0.3) is 0 Å². The SMILES string of the molecule is CN1CCN(c2cccc3nc(CN(CCCO)[C@H]4CCCc5cccnc54)cn23)CC1. The molecule has 1 N–H and O–H groups in total. The molecule has 1 aliphatic heterocycles. The highest BCUT2D eigenvalue weighted by molar-refractivity contribution is 5.53. The van der Waals surface area contributed by atoms with Crippen LogP contribution in [-0.4, -0.2) is 75.7 Å². The fourth-order valence-corrected chi connectivity index (χ4v) is 5.18. The molecule has 1 fully saturated rings. The Bertz CT molecular complexity index is 1040. The second-order valence-corrected chi connectivity index (χ2v) is 9.14. The normalized spacial score (nSPS) is 19.6. The lowest BCUT2D eigenvalue weighted by atomic mass is 9.90. The number of piperazine rings is 1. The lowest BCUT2D eigenvalue weighted by Gasteiger charge is -2.34. The van der Waals surface area contributed by atoms with Crippen molar-refractivity contribution in [2.75, 3.05) is 51.3 Å². The van der Waals surface area contributed by atoms with E-state index in [1.54, 1.807) is 0 Å². The van der Waals surface area contributed by atoms with E-state index in [9.17, 15) is 5.11 Å². The van der Waals surface area contributed by atoms with Crippen molar-refractivity contribution in [2.45, 2.75) is 38.3 Å². The highest BCUT2D eigenvalue weighted by Crippen LogP contribution is 2.34. The van der Waals surface area contributed by atoms with Crippen molar-refractivity contribution in [3.05, 3.63) is 59.7 Å². The van der Waals surface area contributed by atoms with E-state index in [1.165, 1.54) is 23.5 Å². The number of aliphatic hydroxyl groups excluding tert-OH is 1. The second kappa shape index (κ2) is 9.57. The number of rotatable bonds is 7. The molecule has 1 saturated heterocycles. The van der Waals surface area contributed by atoms with Crippen LogP contribution in [0.2, 0.25) is 0 Å². The van der Waals surface area contributed by atoms with Gasteiger partial charge >= 0.3 is 0 Å². The Balaban J connectivity index is 1.42. The van der Waals surface area contributed by atoms with Crippen LogP contribution in [0.1, 0.15) is 42.3 Å². The Morgan fingerprint density at radius 3 is 2.84 bits per heavy atom. The molecule has 0 spiro atoms. The minimum atomic E-state index is 0.205. The van der Waals surface area contributed by atoms with E-state index >= 15 is 0 Å². The topological polar surface area (TPSA) is 60.1 Å². The summed E-state index contributed by atoms with van der Waals surface area (Å²) in [5.74, 6) is 1.22. The maximum absolute atomic E-state index is 9.52. The monoisotopic (exact) mass is 434 g/mol. The summed E-state index contributed by atoms with van der Waals surface area (Å²) in [4.78, 5) is 17.1. The number of imidazole rings is 1. The van der Waals surface area contributed by atoms with E-state index in [0.717, 1.165) is 69.9 Å². The van der Waals surface area contributed by atoms with E-state index in [2.05, 4.69) is 56.6 Å².